The predicted octanol–water partition coefficient (Wildman–Crippen LogP) is 3.65. The Bertz CT molecular complexity index is 1040. The van der Waals surface area contributed by atoms with Crippen LogP contribution in [0.25, 0.3) is 0 Å². The lowest BCUT2D eigenvalue weighted by molar-refractivity contribution is -0.154. The lowest BCUT2D eigenvalue weighted by Crippen LogP contribution is -2.43. The smallest absolute Gasteiger partial charge is 0.422 e. The van der Waals surface area contributed by atoms with Gasteiger partial charge in [-0.25, -0.2) is 9.97 Å². The average molecular weight is 525 g/mol. The van der Waals surface area contributed by atoms with Crippen molar-refractivity contribution in [1.82, 2.24) is 20.2 Å². The van der Waals surface area contributed by atoms with Crippen LogP contribution >= 0.6 is 0 Å². The lowest BCUT2D eigenvalue weighted by Gasteiger charge is -2.35. The molecule has 8 nitrogen and oxygen atoms in total. The predicted molar refractivity (Wildman–Crippen MR) is 129 cm³/mol. The van der Waals surface area contributed by atoms with Crippen molar-refractivity contribution < 1.29 is 31.9 Å². The molecule has 2 aliphatic rings. The minimum atomic E-state index is -4.39. The number of carbonyl (C=O) groups is 1. The number of rotatable bonds is 9. The molecule has 1 atom stereocenters. The third-order valence-corrected chi connectivity index (χ3v) is 7.20. The van der Waals surface area contributed by atoms with Gasteiger partial charge < -0.3 is 24.1 Å². The van der Waals surface area contributed by atoms with Crippen LogP contribution in [0.3, 0.4) is 0 Å². The number of halogens is 3. The highest BCUT2D eigenvalue weighted by Gasteiger charge is 2.31. The van der Waals surface area contributed by atoms with Crippen LogP contribution in [0.15, 0.2) is 22.7 Å². The molecule has 1 fully saturated rings. The van der Waals surface area contributed by atoms with Gasteiger partial charge in [-0.3, -0.25) is 4.79 Å². The Morgan fingerprint density at radius 2 is 1.97 bits per heavy atom. The summed E-state index contributed by atoms with van der Waals surface area (Å²) in [7, 11) is 1.75. The van der Waals surface area contributed by atoms with E-state index in [0.717, 1.165) is 63.0 Å². The van der Waals surface area contributed by atoms with E-state index in [1.165, 1.54) is 6.07 Å². The highest BCUT2D eigenvalue weighted by atomic mass is 19.4. The van der Waals surface area contributed by atoms with Gasteiger partial charge in [-0.1, -0.05) is 6.07 Å². The van der Waals surface area contributed by atoms with Crippen molar-refractivity contribution >= 4 is 5.91 Å². The Morgan fingerprint density at radius 3 is 2.65 bits per heavy atom. The Labute approximate surface area is 214 Å². The Hall–Kier alpha value is -2.66. The molecule has 3 heterocycles. The van der Waals surface area contributed by atoms with Crippen LogP contribution < -0.4 is 10.1 Å². The molecular formula is C26H35F3N4O4. The third kappa shape index (κ3) is 8.16. The molecule has 0 radical (unpaired) electrons. The van der Waals surface area contributed by atoms with E-state index in [4.69, 9.17) is 13.9 Å². The van der Waals surface area contributed by atoms with E-state index in [0.29, 0.717) is 24.0 Å². The minimum absolute atomic E-state index is 0.0130. The van der Waals surface area contributed by atoms with Gasteiger partial charge in [-0.2, -0.15) is 13.2 Å². The van der Waals surface area contributed by atoms with E-state index in [-0.39, 0.29) is 30.4 Å². The number of oxazole rings is 1. The molecule has 1 saturated carbocycles. The number of carbonyl (C=O) groups excluding carboxylic acids is 1. The Kier molecular flexibility index (Phi) is 9.07. The molecule has 0 spiro atoms. The van der Waals surface area contributed by atoms with Crippen molar-refractivity contribution in [3.05, 3.63) is 41.2 Å². The molecule has 204 valence electrons. The maximum Gasteiger partial charge on any atom is 0.422 e. The van der Waals surface area contributed by atoms with E-state index in [1.807, 2.05) is 6.07 Å². The summed E-state index contributed by atoms with van der Waals surface area (Å²) in [6.45, 7) is 2.80. The van der Waals surface area contributed by atoms with Crippen molar-refractivity contribution in [3.63, 3.8) is 0 Å². The zero-order valence-corrected chi connectivity index (χ0v) is 21.4. The van der Waals surface area contributed by atoms with Gasteiger partial charge in [-0.15, -0.1) is 0 Å². The number of amides is 1. The van der Waals surface area contributed by atoms with E-state index >= 15 is 0 Å². The molecular weight excluding hydrogens is 489 g/mol. The van der Waals surface area contributed by atoms with Gasteiger partial charge in [-0.05, 0) is 43.6 Å². The summed E-state index contributed by atoms with van der Waals surface area (Å²) >= 11 is 0. The fourth-order valence-electron chi connectivity index (χ4n) is 5.26. The van der Waals surface area contributed by atoms with Gasteiger partial charge >= 0.3 is 6.18 Å². The second kappa shape index (κ2) is 12.3. The minimum Gasteiger partial charge on any atom is -0.468 e. The fourth-order valence-corrected chi connectivity index (χ4v) is 5.26. The second-order valence-electron chi connectivity index (χ2n) is 9.94. The van der Waals surface area contributed by atoms with E-state index < -0.39 is 12.8 Å². The number of pyridine rings is 1. The normalized spacial score (nSPS) is 21.6. The summed E-state index contributed by atoms with van der Waals surface area (Å²) in [6, 6.07) is 3.49. The van der Waals surface area contributed by atoms with Crippen molar-refractivity contribution in [2.24, 2.45) is 5.92 Å². The topological polar surface area (TPSA) is 89.7 Å². The molecule has 0 unspecified atom stereocenters. The molecule has 0 saturated heterocycles. The highest BCUT2D eigenvalue weighted by molar-refractivity contribution is 5.78. The van der Waals surface area contributed by atoms with Crippen LogP contribution in [0.5, 0.6) is 5.88 Å². The number of methoxy groups -OCH3 is 1. The summed E-state index contributed by atoms with van der Waals surface area (Å²) < 4.78 is 53.5. The van der Waals surface area contributed by atoms with Crippen molar-refractivity contribution in [3.8, 4) is 5.88 Å². The molecule has 11 heteroatoms. The van der Waals surface area contributed by atoms with Gasteiger partial charge in [0.2, 0.25) is 11.8 Å². The molecule has 0 aromatic carbocycles. The van der Waals surface area contributed by atoms with Crippen LogP contribution in [0.1, 0.15) is 48.6 Å². The summed E-state index contributed by atoms with van der Waals surface area (Å²) in [5.74, 6) is 1.49. The van der Waals surface area contributed by atoms with Gasteiger partial charge in [0.05, 0.1) is 18.7 Å². The number of aryl methyl sites for hydroxylation is 1. The fraction of sp³-hybridized carbons (Fsp3) is 0.654. The van der Waals surface area contributed by atoms with Gasteiger partial charge in [0, 0.05) is 57.9 Å². The lowest BCUT2D eigenvalue weighted by atomic mass is 9.82. The van der Waals surface area contributed by atoms with Crippen LogP contribution in [0.2, 0.25) is 0 Å². The zero-order valence-electron chi connectivity index (χ0n) is 21.4. The first-order valence-electron chi connectivity index (χ1n) is 12.8. The number of nitrogens with one attached hydrogen (secondary N) is 1. The van der Waals surface area contributed by atoms with Gasteiger partial charge in [0.15, 0.2) is 12.5 Å². The van der Waals surface area contributed by atoms with Gasteiger partial charge in [0.1, 0.15) is 5.76 Å². The number of alkyl halides is 3. The van der Waals surface area contributed by atoms with Crippen molar-refractivity contribution in [1.29, 1.82) is 0 Å². The second-order valence-corrected chi connectivity index (χ2v) is 9.94. The van der Waals surface area contributed by atoms with E-state index in [9.17, 15) is 18.0 Å². The number of fused-ring (bicyclic) bond motifs is 1. The van der Waals surface area contributed by atoms with Crippen LogP contribution in [0, 0.1) is 12.8 Å². The Balaban J connectivity index is 1.23. The number of hydrogen-bond donors (Lipinski definition) is 1. The molecule has 1 aliphatic carbocycles. The molecule has 1 N–H and O–H groups in total. The number of nitrogens with zero attached hydrogens (tertiary/aromatic N) is 3. The molecule has 1 aliphatic heterocycles. The maximum atomic E-state index is 12.5. The molecule has 1 amide bonds. The van der Waals surface area contributed by atoms with Gasteiger partial charge in [0.25, 0.3) is 0 Å². The monoisotopic (exact) mass is 524 g/mol. The largest absolute Gasteiger partial charge is 0.468 e. The molecule has 0 bridgehead atoms. The summed E-state index contributed by atoms with van der Waals surface area (Å²) in [5, 5.41) is 3.12. The molecule has 2 aromatic heterocycles. The maximum absolute atomic E-state index is 12.5. The standard InChI is InChI=1S/C26H35F3N4O4/c1-17-30-14-21(37-17)13-24(34)31-20-6-3-19(4-7-20)23(35-2)15-33-11-9-18-5-8-25(32-22(18)10-12-33)36-16-26(27,28)29/h5,8,14,19-20,23H,3-4,6-7,9-13,15-16H2,1-2H3,(H,31,34)/t19-,20-,23-/m0/s1. The number of aromatic nitrogens is 2. The highest BCUT2D eigenvalue weighted by Crippen LogP contribution is 2.29. The van der Waals surface area contributed by atoms with Crippen LogP contribution in [-0.2, 0) is 28.8 Å². The SMILES string of the molecule is CO[C@@H](CN1CCc2ccc(OCC(F)(F)F)nc2CC1)[C@H]1CC[C@H](NC(=O)Cc2cnc(C)o2)CC1. The average Bonchev–Trinajstić information content (AvgIpc) is 3.15. The summed E-state index contributed by atoms with van der Waals surface area (Å²) in [6.07, 6.45) is 2.66. The van der Waals surface area contributed by atoms with Crippen molar-refractivity contribution in [2.45, 2.75) is 70.2 Å². The molecule has 37 heavy (non-hydrogen) atoms. The van der Waals surface area contributed by atoms with Crippen LogP contribution in [0.4, 0.5) is 13.2 Å². The molecule has 4 rings (SSSR count). The van der Waals surface area contributed by atoms with Crippen molar-refractivity contribution in [2.75, 3.05) is 33.4 Å². The number of hydrogen-bond acceptors (Lipinski definition) is 7. The van der Waals surface area contributed by atoms with E-state index in [2.05, 4.69) is 20.2 Å². The third-order valence-electron chi connectivity index (χ3n) is 7.20. The first-order valence-corrected chi connectivity index (χ1v) is 12.8. The number of ether oxygens (including phenoxy) is 2. The Morgan fingerprint density at radius 1 is 1.22 bits per heavy atom. The summed E-state index contributed by atoms with van der Waals surface area (Å²) in [4.78, 5) is 23.1. The first-order chi connectivity index (χ1) is 17.7. The van der Waals surface area contributed by atoms with E-state index in [1.54, 1.807) is 20.2 Å². The first kappa shape index (κ1) is 27.4. The molecule has 2 aromatic rings. The van der Waals surface area contributed by atoms with Crippen LogP contribution in [-0.4, -0.2) is 72.4 Å². The zero-order chi connectivity index (χ0) is 26.4. The summed E-state index contributed by atoms with van der Waals surface area (Å²) in [5.41, 5.74) is 1.85. The quantitative estimate of drug-likeness (QED) is 0.536.